The Morgan fingerprint density at radius 2 is 2.06 bits per heavy atom. The summed E-state index contributed by atoms with van der Waals surface area (Å²) in [6.07, 6.45) is 5.73. The summed E-state index contributed by atoms with van der Waals surface area (Å²) in [6, 6.07) is 0.676. The predicted octanol–water partition coefficient (Wildman–Crippen LogP) is 0.293. The van der Waals surface area contributed by atoms with E-state index in [2.05, 4.69) is 39.3 Å². The van der Waals surface area contributed by atoms with Gasteiger partial charge in [0, 0.05) is 19.1 Å². The highest BCUT2D eigenvalue weighted by Crippen LogP contribution is 2.20. The molecule has 0 unspecified atom stereocenters. The van der Waals surface area contributed by atoms with Gasteiger partial charge >= 0.3 is 0 Å². The van der Waals surface area contributed by atoms with Gasteiger partial charge in [-0.2, -0.15) is 0 Å². The molecule has 0 spiro atoms. The molecule has 0 saturated carbocycles. The molecule has 0 aromatic carbocycles. The summed E-state index contributed by atoms with van der Waals surface area (Å²) in [5, 5.41) is 0. The van der Waals surface area contributed by atoms with Gasteiger partial charge in [0.05, 0.1) is 12.4 Å². The van der Waals surface area contributed by atoms with Crippen LogP contribution in [0.5, 0.6) is 0 Å². The molecule has 6 heteroatoms. The van der Waals surface area contributed by atoms with E-state index in [0.717, 1.165) is 31.7 Å². The Balaban J connectivity index is 2.00. The lowest BCUT2D eigenvalue weighted by atomic mass is 10.0. The molecule has 2 rings (SSSR count). The third-order valence-electron chi connectivity index (χ3n) is 3.29. The Morgan fingerprint density at radius 3 is 2.65 bits per heavy atom. The summed E-state index contributed by atoms with van der Waals surface area (Å²) in [6.45, 7) is 2.04. The molecular weight excluding hydrogens is 216 g/mol. The minimum Gasteiger partial charge on any atom is -0.355 e. The third kappa shape index (κ3) is 2.83. The zero-order valence-electron chi connectivity index (χ0n) is 10.4. The molecule has 0 amide bonds. The van der Waals surface area contributed by atoms with Gasteiger partial charge in [-0.15, -0.1) is 0 Å². The average molecular weight is 236 g/mol. The van der Waals surface area contributed by atoms with Crippen LogP contribution in [0, 0.1) is 0 Å². The van der Waals surface area contributed by atoms with E-state index in [1.54, 1.807) is 12.4 Å². The van der Waals surface area contributed by atoms with Crippen molar-refractivity contribution < 1.29 is 0 Å². The van der Waals surface area contributed by atoms with Crippen LogP contribution in [-0.2, 0) is 0 Å². The van der Waals surface area contributed by atoms with E-state index in [0.29, 0.717) is 11.9 Å². The summed E-state index contributed by atoms with van der Waals surface area (Å²) >= 11 is 0. The average Bonchev–Trinajstić information content (AvgIpc) is 2.39. The zero-order valence-corrected chi connectivity index (χ0v) is 10.4. The first kappa shape index (κ1) is 12.1. The number of aromatic nitrogens is 2. The van der Waals surface area contributed by atoms with E-state index < -0.39 is 0 Å². The van der Waals surface area contributed by atoms with Gasteiger partial charge in [0.1, 0.15) is 5.82 Å². The van der Waals surface area contributed by atoms with Crippen LogP contribution >= 0.6 is 0 Å². The summed E-state index contributed by atoms with van der Waals surface area (Å²) in [7, 11) is 4.28. The zero-order chi connectivity index (χ0) is 12.3. The number of rotatable bonds is 3. The number of hydrogen-bond donors (Lipinski definition) is 2. The van der Waals surface area contributed by atoms with Crippen molar-refractivity contribution in [3.63, 3.8) is 0 Å². The molecule has 2 heterocycles. The van der Waals surface area contributed by atoms with Crippen molar-refractivity contribution in [3.8, 4) is 0 Å². The lowest BCUT2D eigenvalue weighted by Crippen LogP contribution is -2.42. The summed E-state index contributed by atoms with van der Waals surface area (Å²) in [5.41, 5.74) is 2.52. The minimum atomic E-state index is 0.609. The first-order valence-electron chi connectivity index (χ1n) is 5.90. The third-order valence-corrected chi connectivity index (χ3v) is 3.29. The molecule has 0 atom stereocenters. The van der Waals surface area contributed by atoms with Crippen molar-refractivity contribution in [2.75, 3.05) is 37.5 Å². The maximum atomic E-state index is 5.33. The van der Waals surface area contributed by atoms with Crippen molar-refractivity contribution in [3.05, 3.63) is 12.4 Å². The fraction of sp³-hybridized carbons (Fsp3) is 0.636. The van der Waals surface area contributed by atoms with Crippen LogP contribution in [0.2, 0.25) is 0 Å². The number of nitrogen functional groups attached to an aromatic ring is 1. The van der Waals surface area contributed by atoms with Crippen LogP contribution in [-0.4, -0.2) is 48.1 Å². The topological polar surface area (TPSA) is 70.3 Å². The Kier molecular flexibility index (Phi) is 3.75. The number of hydrazine groups is 1. The van der Waals surface area contributed by atoms with E-state index >= 15 is 0 Å². The van der Waals surface area contributed by atoms with E-state index in [4.69, 9.17) is 5.84 Å². The second-order valence-corrected chi connectivity index (χ2v) is 4.59. The van der Waals surface area contributed by atoms with Crippen LogP contribution in [0.15, 0.2) is 12.4 Å². The van der Waals surface area contributed by atoms with Crippen molar-refractivity contribution in [1.29, 1.82) is 0 Å². The number of nitrogens with two attached hydrogens (primary N) is 1. The summed E-state index contributed by atoms with van der Waals surface area (Å²) < 4.78 is 0. The smallest absolute Gasteiger partial charge is 0.160 e. The second-order valence-electron chi connectivity index (χ2n) is 4.59. The molecule has 0 bridgehead atoms. The maximum absolute atomic E-state index is 5.33. The molecule has 1 aromatic rings. The van der Waals surface area contributed by atoms with Gasteiger partial charge in [0.2, 0.25) is 0 Å². The summed E-state index contributed by atoms with van der Waals surface area (Å²) in [5.74, 6) is 6.84. The van der Waals surface area contributed by atoms with Crippen LogP contribution in [0.4, 0.5) is 11.6 Å². The van der Waals surface area contributed by atoms with Crippen LogP contribution < -0.4 is 16.2 Å². The molecule has 3 N–H and O–H groups in total. The van der Waals surface area contributed by atoms with Crippen LogP contribution in [0.3, 0.4) is 0 Å². The van der Waals surface area contributed by atoms with Gasteiger partial charge in [0.15, 0.2) is 5.82 Å². The Hall–Kier alpha value is -1.40. The molecular formula is C11H20N6. The van der Waals surface area contributed by atoms with Crippen molar-refractivity contribution in [2.24, 2.45) is 5.84 Å². The van der Waals surface area contributed by atoms with E-state index in [9.17, 15) is 0 Å². The molecule has 94 valence electrons. The first-order chi connectivity index (χ1) is 8.20. The SMILES string of the molecule is CN(C)C1CCN(c2cncc(NN)n2)CC1. The van der Waals surface area contributed by atoms with E-state index in [-0.39, 0.29) is 0 Å². The second kappa shape index (κ2) is 5.29. The fourth-order valence-corrected chi connectivity index (χ4v) is 2.19. The Labute approximate surface area is 102 Å². The van der Waals surface area contributed by atoms with Gasteiger partial charge in [-0.05, 0) is 26.9 Å². The lowest BCUT2D eigenvalue weighted by molar-refractivity contribution is 0.249. The molecule has 1 aromatic heterocycles. The quantitative estimate of drug-likeness (QED) is 0.581. The molecule has 1 saturated heterocycles. The fourth-order valence-electron chi connectivity index (χ4n) is 2.19. The molecule has 0 aliphatic carbocycles. The highest BCUT2D eigenvalue weighted by molar-refractivity contribution is 5.43. The number of anilines is 2. The molecule has 1 aliphatic heterocycles. The van der Waals surface area contributed by atoms with Gasteiger partial charge in [-0.1, -0.05) is 0 Å². The number of hydrogen-bond acceptors (Lipinski definition) is 6. The normalized spacial score (nSPS) is 17.5. The Bertz CT molecular complexity index is 359. The van der Waals surface area contributed by atoms with E-state index in [1.165, 1.54) is 0 Å². The maximum Gasteiger partial charge on any atom is 0.160 e. The van der Waals surface area contributed by atoms with Gasteiger partial charge in [0.25, 0.3) is 0 Å². The van der Waals surface area contributed by atoms with Crippen molar-refractivity contribution in [2.45, 2.75) is 18.9 Å². The van der Waals surface area contributed by atoms with Gasteiger partial charge in [-0.25, -0.2) is 10.8 Å². The number of piperidine rings is 1. The van der Waals surface area contributed by atoms with Crippen molar-refractivity contribution >= 4 is 11.6 Å². The molecule has 17 heavy (non-hydrogen) atoms. The lowest BCUT2D eigenvalue weighted by Gasteiger charge is -2.35. The number of nitrogens with zero attached hydrogens (tertiary/aromatic N) is 4. The first-order valence-corrected chi connectivity index (χ1v) is 5.90. The molecule has 0 radical (unpaired) electrons. The van der Waals surface area contributed by atoms with Crippen molar-refractivity contribution in [1.82, 2.24) is 14.9 Å². The molecule has 1 fully saturated rings. The monoisotopic (exact) mass is 236 g/mol. The van der Waals surface area contributed by atoms with Crippen LogP contribution in [0.1, 0.15) is 12.8 Å². The predicted molar refractivity (Wildman–Crippen MR) is 68.8 cm³/mol. The highest BCUT2D eigenvalue weighted by Gasteiger charge is 2.21. The summed E-state index contributed by atoms with van der Waals surface area (Å²) in [4.78, 5) is 13.1. The van der Waals surface area contributed by atoms with Gasteiger partial charge in [-0.3, -0.25) is 4.98 Å². The van der Waals surface area contributed by atoms with E-state index in [1.807, 2.05) is 0 Å². The highest BCUT2D eigenvalue weighted by atomic mass is 15.3. The Morgan fingerprint density at radius 1 is 1.35 bits per heavy atom. The molecule has 1 aliphatic rings. The molecule has 6 nitrogen and oxygen atoms in total. The minimum absolute atomic E-state index is 0.609. The largest absolute Gasteiger partial charge is 0.355 e. The van der Waals surface area contributed by atoms with Gasteiger partial charge < -0.3 is 15.2 Å². The number of nitrogens with one attached hydrogen (secondary N) is 1. The van der Waals surface area contributed by atoms with Crippen LogP contribution in [0.25, 0.3) is 0 Å². The standard InChI is InChI=1S/C11H20N6/c1-16(2)9-3-5-17(6-4-9)11-8-13-7-10(14-11)15-12/h7-9H,3-6,12H2,1-2H3,(H,14,15).